The summed E-state index contributed by atoms with van der Waals surface area (Å²) in [6.07, 6.45) is 0.991. The summed E-state index contributed by atoms with van der Waals surface area (Å²) in [6.45, 7) is 2.12. The van der Waals surface area contributed by atoms with Gasteiger partial charge < -0.3 is 9.73 Å². The molecule has 134 valence electrons. The Bertz CT molecular complexity index is 1100. The molecular weight excluding hydrogens is 360 g/mol. The molecule has 3 aromatic carbocycles. The molecule has 0 atom stereocenters. The maximum absolute atomic E-state index is 12.3. The second-order valence-corrected chi connectivity index (χ2v) is 6.65. The minimum atomic E-state index is -0.207. The van der Waals surface area contributed by atoms with Gasteiger partial charge in [0.1, 0.15) is 5.52 Å². The van der Waals surface area contributed by atoms with Crippen LogP contribution in [0.2, 0.25) is 5.02 Å². The van der Waals surface area contributed by atoms with Crippen LogP contribution in [0, 0.1) is 0 Å². The summed E-state index contributed by atoms with van der Waals surface area (Å²) >= 11 is 5.86. The molecule has 5 heteroatoms. The highest BCUT2D eigenvalue weighted by atomic mass is 35.5. The maximum atomic E-state index is 12.3. The lowest BCUT2D eigenvalue weighted by Crippen LogP contribution is -2.11. The van der Waals surface area contributed by atoms with Crippen LogP contribution in [0.3, 0.4) is 0 Å². The van der Waals surface area contributed by atoms with E-state index in [1.54, 1.807) is 30.3 Å². The van der Waals surface area contributed by atoms with E-state index in [1.807, 2.05) is 24.3 Å². The third-order valence-electron chi connectivity index (χ3n) is 4.36. The van der Waals surface area contributed by atoms with Gasteiger partial charge in [-0.05, 0) is 60.5 Å². The van der Waals surface area contributed by atoms with E-state index in [9.17, 15) is 4.79 Å². The molecule has 0 radical (unpaired) electrons. The van der Waals surface area contributed by atoms with Gasteiger partial charge in [-0.1, -0.05) is 30.7 Å². The van der Waals surface area contributed by atoms with Crippen LogP contribution in [-0.4, -0.2) is 10.9 Å². The number of aryl methyl sites for hydroxylation is 1. The van der Waals surface area contributed by atoms with Crippen molar-refractivity contribution in [3.05, 3.63) is 82.9 Å². The van der Waals surface area contributed by atoms with E-state index in [4.69, 9.17) is 16.0 Å². The van der Waals surface area contributed by atoms with Gasteiger partial charge in [0.15, 0.2) is 5.58 Å². The highest BCUT2D eigenvalue weighted by Gasteiger charge is 2.11. The predicted octanol–water partition coefficient (Wildman–Crippen LogP) is 5.96. The first-order chi connectivity index (χ1) is 13.1. The SMILES string of the molecule is CCc1ccc(-c2nc3ccc(NC(=O)c4ccc(Cl)cc4)cc3o2)cc1. The number of benzene rings is 3. The molecule has 4 aromatic rings. The van der Waals surface area contributed by atoms with Gasteiger partial charge >= 0.3 is 0 Å². The van der Waals surface area contributed by atoms with E-state index < -0.39 is 0 Å². The number of anilines is 1. The number of rotatable bonds is 4. The Labute approximate surface area is 161 Å². The molecule has 0 aliphatic heterocycles. The average molecular weight is 377 g/mol. The molecule has 0 saturated heterocycles. The highest BCUT2D eigenvalue weighted by molar-refractivity contribution is 6.30. The standard InChI is InChI=1S/C22H17ClN2O2/c1-2-14-3-5-16(6-4-14)22-25-19-12-11-18(13-20(19)27-22)24-21(26)15-7-9-17(23)10-8-15/h3-13H,2H2,1H3,(H,24,26). The van der Waals surface area contributed by atoms with Crippen LogP contribution in [0.5, 0.6) is 0 Å². The molecule has 1 heterocycles. The minimum Gasteiger partial charge on any atom is -0.436 e. The summed E-state index contributed by atoms with van der Waals surface area (Å²) in [5, 5.41) is 3.46. The largest absolute Gasteiger partial charge is 0.436 e. The van der Waals surface area contributed by atoms with Crippen molar-refractivity contribution in [3.63, 3.8) is 0 Å². The molecule has 0 spiro atoms. The fraction of sp³-hybridized carbons (Fsp3) is 0.0909. The molecule has 0 aliphatic rings. The van der Waals surface area contributed by atoms with E-state index in [2.05, 4.69) is 29.4 Å². The second-order valence-electron chi connectivity index (χ2n) is 6.21. The normalized spacial score (nSPS) is 10.9. The molecule has 4 rings (SSSR count). The Morgan fingerprint density at radius 1 is 1.04 bits per heavy atom. The van der Waals surface area contributed by atoms with Crippen molar-refractivity contribution in [3.8, 4) is 11.5 Å². The molecule has 1 N–H and O–H groups in total. The molecule has 1 aromatic heterocycles. The van der Waals surface area contributed by atoms with Gasteiger partial charge in [-0.2, -0.15) is 0 Å². The average Bonchev–Trinajstić information content (AvgIpc) is 3.12. The van der Waals surface area contributed by atoms with Gasteiger partial charge in [-0.15, -0.1) is 0 Å². The number of carbonyl (C=O) groups is 1. The molecule has 0 fully saturated rings. The Morgan fingerprint density at radius 2 is 1.78 bits per heavy atom. The van der Waals surface area contributed by atoms with Crippen molar-refractivity contribution < 1.29 is 9.21 Å². The van der Waals surface area contributed by atoms with Crippen molar-refractivity contribution in [2.75, 3.05) is 5.32 Å². The van der Waals surface area contributed by atoms with Crippen LogP contribution in [0.25, 0.3) is 22.6 Å². The fourth-order valence-electron chi connectivity index (χ4n) is 2.81. The molecule has 0 saturated carbocycles. The summed E-state index contributed by atoms with van der Waals surface area (Å²) in [7, 11) is 0. The van der Waals surface area contributed by atoms with Crippen LogP contribution in [0.4, 0.5) is 5.69 Å². The van der Waals surface area contributed by atoms with Gasteiger partial charge in [0.25, 0.3) is 5.91 Å². The number of hydrogen-bond acceptors (Lipinski definition) is 3. The summed E-state index contributed by atoms with van der Waals surface area (Å²) < 4.78 is 5.89. The lowest BCUT2D eigenvalue weighted by atomic mass is 10.1. The quantitative estimate of drug-likeness (QED) is 0.478. The topological polar surface area (TPSA) is 55.1 Å². The zero-order valence-corrected chi connectivity index (χ0v) is 15.5. The first-order valence-electron chi connectivity index (χ1n) is 8.69. The Balaban J connectivity index is 1.58. The zero-order chi connectivity index (χ0) is 18.8. The number of amides is 1. The van der Waals surface area contributed by atoms with Crippen molar-refractivity contribution >= 4 is 34.3 Å². The number of nitrogens with zero attached hydrogens (tertiary/aromatic N) is 1. The number of aromatic nitrogens is 1. The fourth-order valence-corrected chi connectivity index (χ4v) is 2.94. The molecule has 27 heavy (non-hydrogen) atoms. The molecule has 1 amide bonds. The molecule has 0 aliphatic carbocycles. The van der Waals surface area contributed by atoms with Crippen LogP contribution >= 0.6 is 11.6 Å². The van der Waals surface area contributed by atoms with Crippen LogP contribution in [-0.2, 0) is 6.42 Å². The minimum absolute atomic E-state index is 0.207. The zero-order valence-electron chi connectivity index (χ0n) is 14.7. The first-order valence-corrected chi connectivity index (χ1v) is 9.07. The molecular formula is C22H17ClN2O2. The van der Waals surface area contributed by atoms with Crippen molar-refractivity contribution in [2.24, 2.45) is 0 Å². The van der Waals surface area contributed by atoms with Crippen molar-refractivity contribution in [1.29, 1.82) is 0 Å². The van der Waals surface area contributed by atoms with Crippen LogP contribution < -0.4 is 5.32 Å². The third kappa shape index (κ3) is 3.71. The van der Waals surface area contributed by atoms with E-state index in [1.165, 1.54) is 5.56 Å². The van der Waals surface area contributed by atoms with E-state index in [-0.39, 0.29) is 5.91 Å². The van der Waals surface area contributed by atoms with Crippen molar-refractivity contribution in [2.45, 2.75) is 13.3 Å². The van der Waals surface area contributed by atoms with Crippen LogP contribution in [0.1, 0.15) is 22.8 Å². The highest BCUT2D eigenvalue weighted by Crippen LogP contribution is 2.27. The number of nitrogens with one attached hydrogen (secondary N) is 1. The Morgan fingerprint density at radius 3 is 2.48 bits per heavy atom. The number of hydrogen-bond donors (Lipinski definition) is 1. The lowest BCUT2D eigenvalue weighted by molar-refractivity contribution is 0.102. The predicted molar refractivity (Wildman–Crippen MR) is 108 cm³/mol. The summed E-state index contributed by atoms with van der Waals surface area (Å²) in [5.74, 6) is 0.356. The van der Waals surface area contributed by atoms with Gasteiger partial charge in [0.05, 0.1) is 0 Å². The number of carbonyl (C=O) groups excluding carboxylic acids is 1. The van der Waals surface area contributed by atoms with E-state index >= 15 is 0 Å². The number of oxazole rings is 1. The van der Waals surface area contributed by atoms with Gasteiger partial charge in [-0.25, -0.2) is 4.98 Å². The molecule has 0 unspecified atom stereocenters. The van der Waals surface area contributed by atoms with Gasteiger partial charge in [0.2, 0.25) is 5.89 Å². The number of fused-ring (bicyclic) bond motifs is 1. The second kappa shape index (κ2) is 7.25. The first kappa shape index (κ1) is 17.3. The van der Waals surface area contributed by atoms with Crippen LogP contribution in [0.15, 0.2) is 71.1 Å². The van der Waals surface area contributed by atoms with Crippen molar-refractivity contribution in [1.82, 2.24) is 4.98 Å². The lowest BCUT2D eigenvalue weighted by Gasteiger charge is -2.05. The monoisotopic (exact) mass is 376 g/mol. The summed E-state index contributed by atoms with van der Waals surface area (Å²) in [6, 6.07) is 20.3. The summed E-state index contributed by atoms with van der Waals surface area (Å²) in [4.78, 5) is 16.9. The number of halogens is 1. The smallest absolute Gasteiger partial charge is 0.255 e. The molecule has 0 bridgehead atoms. The summed E-state index contributed by atoms with van der Waals surface area (Å²) in [5.41, 5.74) is 4.74. The third-order valence-corrected chi connectivity index (χ3v) is 4.61. The Kier molecular flexibility index (Phi) is 4.65. The van der Waals surface area contributed by atoms with Gasteiger partial charge in [0, 0.05) is 27.9 Å². The maximum Gasteiger partial charge on any atom is 0.255 e. The van der Waals surface area contributed by atoms with E-state index in [0.29, 0.717) is 27.7 Å². The Hall–Kier alpha value is -3.11. The van der Waals surface area contributed by atoms with E-state index in [0.717, 1.165) is 17.5 Å². The van der Waals surface area contributed by atoms with Gasteiger partial charge in [-0.3, -0.25) is 4.79 Å². The molecule has 4 nitrogen and oxygen atoms in total.